The summed E-state index contributed by atoms with van der Waals surface area (Å²) in [5.41, 5.74) is 3.59. The lowest BCUT2D eigenvalue weighted by molar-refractivity contribution is -0.122. The Balaban J connectivity index is 1.65. The van der Waals surface area contributed by atoms with Gasteiger partial charge in [0, 0.05) is 20.3 Å². The summed E-state index contributed by atoms with van der Waals surface area (Å²) in [5.74, 6) is 0.224. The summed E-state index contributed by atoms with van der Waals surface area (Å²) in [6.45, 7) is 3.00. The molecule has 0 radical (unpaired) electrons. The van der Waals surface area contributed by atoms with Crippen LogP contribution in [0.15, 0.2) is 42.5 Å². The first-order valence-electron chi connectivity index (χ1n) is 11.1. The molecule has 0 heterocycles. The number of hydrogen-bond donors (Lipinski definition) is 2. The van der Waals surface area contributed by atoms with Gasteiger partial charge in [0.05, 0.1) is 11.3 Å². The van der Waals surface area contributed by atoms with Crippen molar-refractivity contribution in [2.45, 2.75) is 51.6 Å². The summed E-state index contributed by atoms with van der Waals surface area (Å²) in [6, 6.07) is 13.1. The Labute approximate surface area is 184 Å². The summed E-state index contributed by atoms with van der Waals surface area (Å²) >= 11 is 0. The predicted octanol–water partition coefficient (Wildman–Crippen LogP) is 4.13. The third-order valence-corrected chi connectivity index (χ3v) is 5.50. The molecule has 1 unspecified atom stereocenters. The summed E-state index contributed by atoms with van der Waals surface area (Å²) in [4.78, 5) is 25.5. The van der Waals surface area contributed by atoms with E-state index in [0.717, 1.165) is 19.3 Å². The molecule has 3 rings (SSSR count). The second-order valence-corrected chi connectivity index (χ2v) is 7.79. The van der Waals surface area contributed by atoms with E-state index in [9.17, 15) is 9.59 Å². The Morgan fingerprint density at radius 2 is 1.84 bits per heavy atom. The van der Waals surface area contributed by atoms with Gasteiger partial charge in [-0.05, 0) is 73.9 Å². The van der Waals surface area contributed by atoms with Crippen LogP contribution in [0.4, 0.5) is 5.69 Å². The highest BCUT2D eigenvalue weighted by Crippen LogP contribution is 2.26. The molecular weight excluding hydrogens is 392 g/mol. The van der Waals surface area contributed by atoms with Crippen LogP contribution in [0.5, 0.6) is 5.75 Å². The van der Waals surface area contributed by atoms with Gasteiger partial charge < -0.3 is 20.1 Å². The second-order valence-electron chi connectivity index (χ2n) is 7.79. The third kappa shape index (κ3) is 6.31. The van der Waals surface area contributed by atoms with E-state index in [1.807, 2.05) is 13.0 Å². The number of aryl methyl sites for hydroxylation is 2. The van der Waals surface area contributed by atoms with Crippen LogP contribution in [-0.2, 0) is 22.4 Å². The fraction of sp³-hybridized carbons (Fsp3) is 0.440. The zero-order valence-electron chi connectivity index (χ0n) is 18.4. The quantitative estimate of drug-likeness (QED) is 0.563. The minimum Gasteiger partial charge on any atom is -0.481 e. The van der Waals surface area contributed by atoms with Crippen molar-refractivity contribution in [3.05, 3.63) is 59.2 Å². The van der Waals surface area contributed by atoms with Gasteiger partial charge in [-0.15, -0.1) is 0 Å². The van der Waals surface area contributed by atoms with Crippen LogP contribution in [0.1, 0.15) is 54.1 Å². The zero-order chi connectivity index (χ0) is 22.1. The highest BCUT2D eigenvalue weighted by molar-refractivity contribution is 6.04. The van der Waals surface area contributed by atoms with E-state index in [0.29, 0.717) is 36.6 Å². The van der Waals surface area contributed by atoms with Gasteiger partial charge in [0.15, 0.2) is 6.10 Å². The number of hydrogen-bond acceptors (Lipinski definition) is 4. The van der Waals surface area contributed by atoms with E-state index in [1.165, 1.54) is 24.0 Å². The van der Waals surface area contributed by atoms with Crippen LogP contribution in [0.3, 0.4) is 0 Å². The maximum atomic E-state index is 12.9. The maximum absolute atomic E-state index is 12.9. The number of carbonyl (C=O) groups excluding carboxylic acids is 2. The third-order valence-electron chi connectivity index (χ3n) is 5.50. The molecule has 1 aliphatic carbocycles. The van der Waals surface area contributed by atoms with Gasteiger partial charge in [0.25, 0.3) is 11.8 Å². The molecule has 0 aromatic heterocycles. The van der Waals surface area contributed by atoms with E-state index in [2.05, 4.69) is 22.8 Å². The van der Waals surface area contributed by atoms with Gasteiger partial charge >= 0.3 is 0 Å². The lowest BCUT2D eigenvalue weighted by atomic mass is 9.92. The van der Waals surface area contributed by atoms with Gasteiger partial charge in [-0.1, -0.05) is 25.1 Å². The molecule has 0 fully saturated rings. The molecule has 0 aliphatic heterocycles. The van der Waals surface area contributed by atoms with Crippen molar-refractivity contribution in [2.75, 3.05) is 25.6 Å². The Kier molecular flexibility index (Phi) is 8.47. The Bertz CT molecular complexity index is 897. The van der Waals surface area contributed by atoms with Crippen molar-refractivity contribution >= 4 is 17.5 Å². The maximum Gasteiger partial charge on any atom is 0.265 e. The van der Waals surface area contributed by atoms with Gasteiger partial charge in [-0.2, -0.15) is 0 Å². The summed E-state index contributed by atoms with van der Waals surface area (Å²) in [5, 5.41) is 5.74. The smallest absolute Gasteiger partial charge is 0.265 e. The number of ether oxygens (including phenoxy) is 2. The average molecular weight is 425 g/mol. The SMILES string of the molecule is CCC(Oc1ccc2c(c1)CCCC2)C(=O)Nc1ccccc1C(=O)NCCCOC. The van der Waals surface area contributed by atoms with Crippen molar-refractivity contribution in [3.8, 4) is 5.75 Å². The number of para-hydroxylation sites is 1. The first-order valence-corrected chi connectivity index (χ1v) is 11.1. The molecule has 0 saturated heterocycles. The van der Waals surface area contributed by atoms with Crippen molar-refractivity contribution in [1.29, 1.82) is 0 Å². The molecule has 2 N–H and O–H groups in total. The van der Waals surface area contributed by atoms with Crippen LogP contribution in [0, 0.1) is 0 Å². The standard InChI is InChI=1S/C25H32N2O4/c1-3-23(31-20-14-13-18-9-4-5-10-19(18)17-20)25(29)27-22-12-7-6-11-21(22)24(28)26-15-8-16-30-2/h6-7,11-14,17,23H,3-5,8-10,15-16H2,1-2H3,(H,26,28)(H,27,29). The molecule has 0 spiro atoms. The van der Waals surface area contributed by atoms with Crippen molar-refractivity contribution in [3.63, 3.8) is 0 Å². The van der Waals surface area contributed by atoms with Crippen LogP contribution >= 0.6 is 0 Å². The summed E-state index contributed by atoms with van der Waals surface area (Å²) in [7, 11) is 1.63. The van der Waals surface area contributed by atoms with Crippen LogP contribution in [0.25, 0.3) is 0 Å². The van der Waals surface area contributed by atoms with Crippen LogP contribution < -0.4 is 15.4 Å². The number of benzene rings is 2. The summed E-state index contributed by atoms with van der Waals surface area (Å²) in [6.07, 6.45) is 5.20. The van der Waals surface area contributed by atoms with Gasteiger partial charge in [0.1, 0.15) is 5.75 Å². The molecule has 166 valence electrons. The van der Waals surface area contributed by atoms with E-state index in [-0.39, 0.29) is 11.8 Å². The highest BCUT2D eigenvalue weighted by atomic mass is 16.5. The number of carbonyl (C=O) groups is 2. The van der Waals surface area contributed by atoms with Crippen molar-refractivity contribution in [1.82, 2.24) is 5.32 Å². The van der Waals surface area contributed by atoms with E-state index in [1.54, 1.807) is 31.4 Å². The van der Waals surface area contributed by atoms with E-state index in [4.69, 9.17) is 9.47 Å². The monoisotopic (exact) mass is 424 g/mol. The molecule has 0 saturated carbocycles. The molecule has 2 aromatic carbocycles. The molecule has 0 bridgehead atoms. The molecule has 1 atom stereocenters. The number of anilines is 1. The largest absolute Gasteiger partial charge is 0.481 e. The number of fused-ring (bicyclic) bond motifs is 1. The van der Waals surface area contributed by atoms with Crippen LogP contribution in [0.2, 0.25) is 0 Å². The average Bonchev–Trinajstić information content (AvgIpc) is 2.80. The number of rotatable bonds is 10. The van der Waals surface area contributed by atoms with Gasteiger partial charge in [-0.25, -0.2) is 0 Å². The molecule has 1 aliphatic rings. The van der Waals surface area contributed by atoms with Crippen molar-refractivity contribution in [2.24, 2.45) is 0 Å². The van der Waals surface area contributed by atoms with Crippen molar-refractivity contribution < 1.29 is 19.1 Å². The second kappa shape index (κ2) is 11.5. The zero-order valence-corrected chi connectivity index (χ0v) is 18.4. The molecule has 2 amide bonds. The fourth-order valence-electron chi connectivity index (χ4n) is 3.79. The van der Waals surface area contributed by atoms with E-state index >= 15 is 0 Å². The molecule has 6 heteroatoms. The predicted molar refractivity (Wildman–Crippen MR) is 122 cm³/mol. The summed E-state index contributed by atoms with van der Waals surface area (Å²) < 4.78 is 11.0. The Morgan fingerprint density at radius 3 is 2.61 bits per heavy atom. The fourth-order valence-corrected chi connectivity index (χ4v) is 3.79. The highest BCUT2D eigenvalue weighted by Gasteiger charge is 2.21. The first-order chi connectivity index (χ1) is 15.1. The minimum absolute atomic E-state index is 0.226. The normalized spacial score (nSPS) is 13.7. The van der Waals surface area contributed by atoms with E-state index < -0.39 is 6.10 Å². The molecule has 2 aromatic rings. The lowest BCUT2D eigenvalue weighted by Gasteiger charge is -2.21. The number of methoxy groups -OCH3 is 1. The topological polar surface area (TPSA) is 76.7 Å². The lowest BCUT2D eigenvalue weighted by Crippen LogP contribution is -2.33. The minimum atomic E-state index is -0.639. The molecule has 31 heavy (non-hydrogen) atoms. The Morgan fingerprint density at radius 1 is 1.06 bits per heavy atom. The first kappa shape index (κ1) is 22.8. The number of amides is 2. The molecular formula is C25H32N2O4. The number of nitrogens with one attached hydrogen (secondary N) is 2. The van der Waals surface area contributed by atoms with Gasteiger partial charge in [-0.3, -0.25) is 9.59 Å². The molecule has 6 nitrogen and oxygen atoms in total. The Hall–Kier alpha value is -2.86. The van der Waals surface area contributed by atoms with Gasteiger partial charge in [0.2, 0.25) is 0 Å². The van der Waals surface area contributed by atoms with Crippen LogP contribution in [-0.4, -0.2) is 38.2 Å².